The fraction of sp³-hybridized carbons (Fsp3) is 1.00. The first-order valence-corrected chi connectivity index (χ1v) is 6.79. The number of nitrogens with one attached hydrogen (secondary N) is 1. The van der Waals surface area contributed by atoms with Crippen LogP contribution in [-0.2, 0) is 9.47 Å². The largest absolute Gasteiger partial charge is 0.384 e. The molecule has 0 saturated carbocycles. The summed E-state index contributed by atoms with van der Waals surface area (Å²) in [5, 5.41) is 3.43. The fourth-order valence-electron chi connectivity index (χ4n) is 3.14. The van der Waals surface area contributed by atoms with E-state index in [-0.39, 0.29) is 0 Å². The smallest absolute Gasteiger partial charge is 0.0521 e. The number of methoxy groups -OCH3 is 1. The van der Waals surface area contributed by atoms with Gasteiger partial charge in [-0.2, -0.15) is 0 Å². The molecule has 0 bridgehead atoms. The molecule has 2 rings (SSSR count). The second-order valence-corrected chi connectivity index (χ2v) is 5.39. The van der Waals surface area contributed by atoms with E-state index >= 15 is 0 Å². The van der Waals surface area contributed by atoms with Crippen LogP contribution in [0, 0.1) is 11.8 Å². The summed E-state index contributed by atoms with van der Waals surface area (Å²) in [6, 6.07) is 0.630. The average Bonchev–Trinajstić information content (AvgIpc) is 2.78. The predicted octanol–water partition coefficient (Wildman–Crippen LogP) is 0.579. The van der Waals surface area contributed by atoms with Gasteiger partial charge in [0.2, 0.25) is 0 Å². The maximum absolute atomic E-state index is 5.61. The van der Waals surface area contributed by atoms with Crippen molar-refractivity contribution in [1.82, 2.24) is 10.2 Å². The highest BCUT2D eigenvalue weighted by molar-refractivity contribution is 4.84. The number of ether oxygens (including phenoxy) is 2. The van der Waals surface area contributed by atoms with E-state index in [0.717, 1.165) is 32.2 Å². The van der Waals surface area contributed by atoms with Gasteiger partial charge in [-0.15, -0.1) is 0 Å². The number of likely N-dealkylation sites (tertiary alicyclic amines) is 1. The third-order valence-electron chi connectivity index (χ3n) is 4.11. The molecule has 0 aromatic carbocycles. The van der Waals surface area contributed by atoms with E-state index in [9.17, 15) is 0 Å². The Morgan fingerprint density at radius 3 is 3.06 bits per heavy atom. The van der Waals surface area contributed by atoms with Crippen LogP contribution in [0.3, 0.4) is 0 Å². The number of hydrogen-bond acceptors (Lipinski definition) is 4. The second-order valence-electron chi connectivity index (χ2n) is 5.39. The van der Waals surface area contributed by atoms with Crippen LogP contribution in [0.5, 0.6) is 0 Å². The van der Waals surface area contributed by atoms with Crippen molar-refractivity contribution < 1.29 is 9.47 Å². The van der Waals surface area contributed by atoms with E-state index in [1.54, 1.807) is 7.11 Å². The lowest BCUT2D eigenvalue weighted by Gasteiger charge is -2.34. The van der Waals surface area contributed by atoms with Gasteiger partial charge in [-0.05, 0) is 32.4 Å². The molecule has 100 valence electrons. The molecular weight excluding hydrogens is 216 g/mol. The van der Waals surface area contributed by atoms with Crippen molar-refractivity contribution in [2.24, 2.45) is 11.8 Å². The Kier molecular flexibility index (Phi) is 5.22. The zero-order chi connectivity index (χ0) is 12.1. The third-order valence-corrected chi connectivity index (χ3v) is 4.11. The summed E-state index contributed by atoms with van der Waals surface area (Å²) in [4.78, 5) is 2.58. The summed E-state index contributed by atoms with van der Waals surface area (Å²) in [5.74, 6) is 1.38. The summed E-state index contributed by atoms with van der Waals surface area (Å²) < 4.78 is 10.9. The number of rotatable bonds is 5. The van der Waals surface area contributed by atoms with Gasteiger partial charge in [0.05, 0.1) is 13.2 Å². The highest BCUT2D eigenvalue weighted by atomic mass is 16.5. The average molecular weight is 242 g/mol. The molecule has 1 N–H and O–H groups in total. The molecule has 0 aliphatic carbocycles. The minimum Gasteiger partial charge on any atom is -0.384 e. The molecule has 0 aromatic rings. The molecule has 2 aliphatic heterocycles. The first-order chi connectivity index (χ1) is 8.33. The lowest BCUT2D eigenvalue weighted by Crippen LogP contribution is -2.46. The third kappa shape index (κ3) is 3.65. The summed E-state index contributed by atoms with van der Waals surface area (Å²) in [7, 11) is 3.87. The molecule has 3 atom stereocenters. The van der Waals surface area contributed by atoms with Crippen molar-refractivity contribution in [2.75, 3.05) is 53.6 Å². The zero-order valence-electron chi connectivity index (χ0n) is 11.2. The lowest BCUT2D eigenvalue weighted by molar-refractivity contribution is 0.0205. The molecule has 4 heteroatoms. The van der Waals surface area contributed by atoms with Crippen molar-refractivity contribution in [2.45, 2.75) is 18.9 Å². The first kappa shape index (κ1) is 13.3. The van der Waals surface area contributed by atoms with E-state index < -0.39 is 0 Å². The Morgan fingerprint density at radius 2 is 2.29 bits per heavy atom. The van der Waals surface area contributed by atoms with Gasteiger partial charge in [0.15, 0.2) is 0 Å². The van der Waals surface area contributed by atoms with Crippen molar-refractivity contribution >= 4 is 0 Å². The van der Waals surface area contributed by atoms with Crippen LogP contribution in [0.4, 0.5) is 0 Å². The van der Waals surface area contributed by atoms with Crippen molar-refractivity contribution in [3.63, 3.8) is 0 Å². The zero-order valence-corrected chi connectivity index (χ0v) is 11.2. The molecule has 0 spiro atoms. The van der Waals surface area contributed by atoms with Gasteiger partial charge in [-0.1, -0.05) is 0 Å². The molecule has 0 radical (unpaired) electrons. The number of nitrogens with zero attached hydrogens (tertiary/aromatic N) is 1. The summed E-state index contributed by atoms with van der Waals surface area (Å²) in [5.41, 5.74) is 0. The molecular formula is C13H26N2O2. The van der Waals surface area contributed by atoms with Crippen LogP contribution in [0.2, 0.25) is 0 Å². The van der Waals surface area contributed by atoms with E-state index in [0.29, 0.717) is 12.0 Å². The predicted molar refractivity (Wildman–Crippen MR) is 68.2 cm³/mol. The summed E-state index contributed by atoms with van der Waals surface area (Å²) in [6.07, 6.45) is 2.43. The maximum Gasteiger partial charge on any atom is 0.0521 e. The van der Waals surface area contributed by atoms with Gasteiger partial charge >= 0.3 is 0 Å². The number of hydrogen-bond donors (Lipinski definition) is 1. The lowest BCUT2D eigenvalue weighted by atomic mass is 9.95. The highest BCUT2D eigenvalue weighted by Crippen LogP contribution is 2.21. The SMILES string of the molecule is CNC1CCOCC1CN1CCC(COC)C1. The molecule has 0 amide bonds. The van der Waals surface area contributed by atoms with E-state index in [1.807, 2.05) is 0 Å². The van der Waals surface area contributed by atoms with Crippen LogP contribution in [0.15, 0.2) is 0 Å². The molecule has 4 nitrogen and oxygen atoms in total. The van der Waals surface area contributed by atoms with Gasteiger partial charge in [0, 0.05) is 38.8 Å². The molecule has 2 saturated heterocycles. The van der Waals surface area contributed by atoms with Crippen molar-refractivity contribution in [3.05, 3.63) is 0 Å². The van der Waals surface area contributed by atoms with Gasteiger partial charge in [0.1, 0.15) is 0 Å². The standard InChI is InChI=1S/C13H26N2O2/c1-14-13-4-6-17-10-12(13)8-15-5-3-11(7-15)9-16-2/h11-14H,3-10H2,1-2H3. The minimum absolute atomic E-state index is 0.630. The summed E-state index contributed by atoms with van der Waals surface area (Å²) in [6.45, 7) is 6.33. The van der Waals surface area contributed by atoms with Gasteiger partial charge in [-0.25, -0.2) is 0 Å². The maximum atomic E-state index is 5.61. The van der Waals surface area contributed by atoms with Gasteiger partial charge < -0.3 is 19.7 Å². The summed E-state index contributed by atoms with van der Waals surface area (Å²) >= 11 is 0. The molecule has 17 heavy (non-hydrogen) atoms. The molecule has 2 fully saturated rings. The van der Waals surface area contributed by atoms with Crippen molar-refractivity contribution in [3.8, 4) is 0 Å². The Hall–Kier alpha value is -0.160. The highest BCUT2D eigenvalue weighted by Gasteiger charge is 2.29. The quantitative estimate of drug-likeness (QED) is 0.764. The molecule has 2 heterocycles. The van der Waals surface area contributed by atoms with E-state index in [4.69, 9.17) is 9.47 Å². The second kappa shape index (κ2) is 6.69. The fourth-order valence-corrected chi connectivity index (χ4v) is 3.14. The Labute approximate surface area is 105 Å². The minimum atomic E-state index is 0.630. The van der Waals surface area contributed by atoms with E-state index in [2.05, 4.69) is 17.3 Å². The molecule has 3 unspecified atom stereocenters. The Morgan fingerprint density at radius 1 is 1.41 bits per heavy atom. The first-order valence-electron chi connectivity index (χ1n) is 6.79. The van der Waals surface area contributed by atoms with Crippen molar-refractivity contribution in [1.29, 1.82) is 0 Å². The molecule has 2 aliphatic rings. The Bertz CT molecular complexity index is 225. The van der Waals surface area contributed by atoms with E-state index in [1.165, 1.54) is 26.1 Å². The monoisotopic (exact) mass is 242 g/mol. The van der Waals surface area contributed by atoms with Crippen LogP contribution < -0.4 is 5.32 Å². The van der Waals surface area contributed by atoms with Crippen LogP contribution in [-0.4, -0.2) is 64.6 Å². The van der Waals surface area contributed by atoms with Crippen LogP contribution >= 0.6 is 0 Å². The Balaban J connectivity index is 1.76. The molecule has 0 aromatic heterocycles. The topological polar surface area (TPSA) is 33.7 Å². The van der Waals surface area contributed by atoms with Gasteiger partial charge in [0.25, 0.3) is 0 Å². The van der Waals surface area contributed by atoms with Crippen LogP contribution in [0.25, 0.3) is 0 Å². The van der Waals surface area contributed by atoms with Gasteiger partial charge in [-0.3, -0.25) is 0 Å². The normalized spacial score (nSPS) is 35.3. The van der Waals surface area contributed by atoms with Crippen LogP contribution in [0.1, 0.15) is 12.8 Å².